The molecule has 0 aliphatic rings. The van der Waals surface area contributed by atoms with Crippen molar-refractivity contribution in [2.45, 2.75) is 39.0 Å². The molecule has 2 aromatic carbocycles. The lowest BCUT2D eigenvalue weighted by Crippen LogP contribution is -2.62. The predicted octanol–water partition coefficient (Wildman–Crippen LogP) is 3.70. The maximum absolute atomic E-state index is 13.5. The molecule has 36 heavy (non-hydrogen) atoms. The average Bonchev–Trinajstić information content (AvgIpc) is 2.82. The summed E-state index contributed by atoms with van der Waals surface area (Å²) >= 11 is 6.01. The van der Waals surface area contributed by atoms with E-state index in [1.54, 1.807) is 24.3 Å². The zero-order valence-electron chi connectivity index (χ0n) is 20.1. The Hall–Kier alpha value is -3.72. The van der Waals surface area contributed by atoms with E-state index in [9.17, 15) is 34.2 Å². The molecular weight excluding hydrogens is 492 g/mol. The fourth-order valence-corrected chi connectivity index (χ4v) is 4.15. The maximum atomic E-state index is 13.5. The minimum atomic E-state index is -2.92. The molecule has 0 aliphatic heterocycles. The molecule has 0 heterocycles. The Kier molecular flexibility index (Phi) is 9.35. The van der Waals surface area contributed by atoms with E-state index in [2.05, 4.69) is 0 Å². The standard InChI is InChI=1S/C26H27ClO9/c1-4-18-5-7-19(8-6-18)22(30)13-25(14-35-16(2)28,20-9-11-21(27)12-10-20)26(23(31)32,24(33)34)15-36-17(3)29/h5-12H,4,13-15H2,1-3H3,(H,31,32)(H,33,34). The second-order valence-corrected chi connectivity index (χ2v) is 8.75. The van der Waals surface area contributed by atoms with Gasteiger partial charge in [-0.05, 0) is 29.7 Å². The molecule has 0 saturated heterocycles. The van der Waals surface area contributed by atoms with Gasteiger partial charge in [-0.3, -0.25) is 24.0 Å². The summed E-state index contributed by atoms with van der Waals surface area (Å²) in [5.74, 6) is -6.12. The number of benzene rings is 2. The zero-order chi connectivity index (χ0) is 27.1. The highest BCUT2D eigenvalue weighted by atomic mass is 35.5. The van der Waals surface area contributed by atoms with Crippen molar-refractivity contribution < 1.29 is 43.7 Å². The number of carboxylic acids is 2. The molecule has 0 radical (unpaired) electrons. The van der Waals surface area contributed by atoms with Gasteiger partial charge in [-0.1, -0.05) is 54.9 Å². The summed E-state index contributed by atoms with van der Waals surface area (Å²) < 4.78 is 10.1. The van der Waals surface area contributed by atoms with Crippen molar-refractivity contribution in [2.24, 2.45) is 5.41 Å². The van der Waals surface area contributed by atoms with Crippen molar-refractivity contribution in [2.75, 3.05) is 13.2 Å². The van der Waals surface area contributed by atoms with Crippen LogP contribution >= 0.6 is 11.6 Å². The SMILES string of the molecule is CCc1ccc(C(=O)CC(COC(C)=O)(c2ccc(Cl)cc2)C(COC(C)=O)(C(=O)O)C(=O)O)cc1. The third kappa shape index (κ3) is 5.91. The Labute approximate surface area is 213 Å². The second-order valence-electron chi connectivity index (χ2n) is 8.32. The lowest BCUT2D eigenvalue weighted by molar-refractivity contribution is -0.183. The van der Waals surface area contributed by atoms with Crippen molar-refractivity contribution in [3.8, 4) is 0 Å². The van der Waals surface area contributed by atoms with Crippen LogP contribution in [0.3, 0.4) is 0 Å². The van der Waals surface area contributed by atoms with Gasteiger partial charge in [0.15, 0.2) is 5.78 Å². The molecule has 0 spiro atoms. The summed E-state index contributed by atoms with van der Waals surface area (Å²) in [6.07, 6.45) is 0.0202. The second kappa shape index (κ2) is 11.8. The first-order valence-electron chi connectivity index (χ1n) is 11.0. The van der Waals surface area contributed by atoms with Crippen LogP contribution in [0, 0.1) is 5.41 Å². The highest BCUT2D eigenvalue weighted by molar-refractivity contribution is 6.30. The van der Waals surface area contributed by atoms with Crippen LogP contribution in [0.4, 0.5) is 0 Å². The van der Waals surface area contributed by atoms with Gasteiger partial charge in [-0.25, -0.2) is 0 Å². The molecular formula is C26H27ClO9. The van der Waals surface area contributed by atoms with E-state index >= 15 is 0 Å². The van der Waals surface area contributed by atoms with Crippen LogP contribution in [-0.4, -0.2) is 53.1 Å². The van der Waals surface area contributed by atoms with Gasteiger partial charge in [0.05, 0.1) is 5.41 Å². The molecule has 192 valence electrons. The Bertz CT molecular complexity index is 1130. The Balaban J connectivity index is 2.87. The normalized spacial score (nSPS) is 12.8. The van der Waals surface area contributed by atoms with Crippen LogP contribution in [0.2, 0.25) is 5.02 Å². The van der Waals surface area contributed by atoms with Crippen LogP contribution in [0.1, 0.15) is 48.7 Å². The monoisotopic (exact) mass is 518 g/mol. The van der Waals surface area contributed by atoms with E-state index in [4.69, 9.17) is 21.1 Å². The summed E-state index contributed by atoms with van der Waals surface area (Å²) in [4.78, 5) is 62.5. The van der Waals surface area contributed by atoms with Crippen LogP contribution in [0.25, 0.3) is 0 Å². The molecule has 1 atom stereocenters. The third-order valence-corrected chi connectivity index (χ3v) is 6.36. The number of halogens is 1. The Morgan fingerprint density at radius 2 is 1.31 bits per heavy atom. The van der Waals surface area contributed by atoms with E-state index in [1.165, 1.54) is 24.3 Å². The van der Waals surface area contributed by atoms with Crippen molar-refractivity contribution in [3.63, 3.8) is 0 Å². The number of Topliss-reactive ketones (excluding diaryl/α,β-unsaturated/α-hetero) is 1. The molecule has 0 aromatic heterocycles. The van der Waals surface area contributed by atoms with Crippen LogP contribution in [0.5, 0.6) is 0 Å². The number of hydrogen-bond acceptors (Lipinski definition) is 7. The smallest absolute Gasteiger partial charge is 0.325 e. The first kappa shape index (κ1) is 28.5. The van der Waals surface area contributed by atoms with Gasteiger partial charge >= 0.3 is 23.9 Å². The van der Waals surface area contributed by atoms with Crippen molar-refractivity contribution in [1.29, 1.82) is 0 Å². The molecule has 0 aliphatic carbocycles. The quantitative estimate of drug-likeness (QED) is 0.244. The summed E-state index contributed by atoms with van der Waals surface area (Å²) in [7, 11) is 0. The minimum absolute atomic E-state index is 0.0450. The molecule has 10 heteroatoms. The lowest BCUT2D eigenvalue weighted by Gasteiger charge is -2.44. The Morgan fingerprint density at radius 3 is 1.75 bits per heavy atom. The lowest BCUT2D eigenvalue weighted by atomic mass is 9.57. The first-order chi connectivity index (χ1) is 16.9. The van der Waals surface area contributed by atoms with Crippen molar-refractivity contribution in [3.05, 3.63) is 70.2 Å². The number of carbonyl (C=O) groups is 5. The van der Waals surface area contributed by atoms with Crippen molar-refractivity contribution in [1.82, 2.24) is 0 Å². The number of rotatable bonds is 12. The van der Waals surface area contributed by atoms with Gasteiger partial charge in [-0.2, -0.15) is 0 Å². The molecule has 0 amide bonds. The van der Waals surface area contributed by atoms with Gasteiger partial charge in [-0.15, -0.1) is 0 Å². The van der Waals surface area contributed by atoms with Gasteiger partial charge < -0.3 is 19.7 Å². The Morgan fingerprint density at radius 1 is 0.806 bits per heavy atom. The highest BCUT2D eigenvalue weighted by Gasteiger charge is 2.65. The highest BCUT2D eigenvalue weighted by Crippen LogP contribution is 2.48. The van der Waals surface area contributed by atoms with E-state index in [0.29, 0.717) is 0 Å². The molecule has 2 rings (SSSR count). The number of carboxylic acid groups (broad SMARTS) is 2. The molecule has 0 bridgehead atoms. The zero-order valence-corrected chi connectivity index (χ0v) is 20.8. The number of esters is 2. The summed E-state index contributed by atoms with van der Waals surface area (Å²) in [6.45, 7) is 2.06. The van der Waals surface area contributed by atoms with Gasteiger partial charge in [0, 0.05) is 30.9 Å². The topological polar surface area (TPSA) is 144 Å². The molecule has 0 fully saturated rings. The van der Waals surface area contributed by atoms with Crippen molar-refractivity contribution >= 4 is 41.3 Å². The number of ether oxygens (including phenoxy) is 2. The van der Waals surface area contributed by atoms with Gasteiger partial charge in [0.2, 0.25) is 5.41 Å². The maximum Gasteiger partial charge on any atom is 0.325 e. The number of carbonyl (C=O) groups excluding carboxylic acids is 3. The fraction of sp³-hybridized carbons (Fsp3) is 0.346. The van der Waals surface area contributed by atoms with Gasteiger partial charge in [0.25, 0.3) is 0 Å². The first-order valence-corrected chi connectivity index (χ1v) is 11.4. The van der Waals surface area contributed by atoms with E-state index in [-0.39, 0.29) is 16.1 Å². The van der Waals surface area contributed by atoms with Gasteiger partial charge in [0.1, 0.15) is 13.2 Å². The fourth-order valence-electron chi connectivity index (χ4n) is 4.03. The minimum Gasteiger partial charge on any atom is -0.480 e. The predicted molar refractivity (Wildman–Crippen MR) is 129 cm³/mol. The molecule has 2 N–H and O–H groups in total. The number of aryl methyl sites for hydroxylation is 1. The molecule has 9 nitrogen and oxygen atoms in total. The third-order valence-electron chi connectivity index (χ3n) is 6.10. The van der Waals surface area contributed by atoms with Crippen LogP contribution in [-0.2, 0) is 40.5 Å². The number of hydrogen-bond donors (Lipinski definition) is 2. The number of ketones is 1. The largest absolute Gasteiger partial charge is 0.480 e. The molecule has 1 unspecified atom stereocenters. The molecule has 2 aromatic rings. The average molecular weight is 519 g/mol. The van der Waals surface area contributed by atoms with E-state index in [1.807, 2.05) is 6.92 Å². The molecule has 0 saturated carbocycles. The summed E-state index contributed by atoms with van der Waals surface area (Å²) in [5.41, 5.74) is -3.91. The van der Waals surface area contributed by atoms with E-state index < -0.39 is 60.1 Å². The summed E-state index contributed by atoms with van der Waals surface area (Å²) in [6, 6.07) is 12.0. The summed E-state index contributed by atoms with van der Waals surface area (Å²) in [5, 5.41) is 20.9. The number of aliphatic carboxylic acids is 2. The van der Waals surface area contributed by atoms with E-state index in [0.717, 1.165) is 25.8 Å². The van der Waals surface area contributed by atoms with Crippen LogP contribution < -0.4 is 0 Å². The van der Waals surface area contributed by atoms with Crippen LogP contribution in [0.15, 0.2) is 48.5 Å².